The van der Waals surface area contributed by atoms with Gasteiger partial charge in [-0.25, -0.2) is 14.0 Å². The fourth-order valence-electron chi connectivity index (χ4n) is 6.40. The van der Waals surface area contributed by atoms with Crippen LogP contribution in [0.3, 0.4) is 0 Å². The van der Waals surface area contributed by atoms with Crippen LogP contribution in [0, 0.1) is 5.92 Å². The fourth-order valence-corrected chi connectivity index (χ4v) is 6.40. The van der Waals surface area contributed by atoms with Crippen molar-refractivity contribution in [1.82, 2.24) is 24.3 Å². The number of hydrogen-bond acceptors (Lipinski definition) is 7. The largest absolute Gasteiger partial charge is 0.349 e. The molecule has 232 valence electrons. The lowest BCUT2D eigenvalue weighted by molar-refractivity contribution is -0.137. The maximum Gasteiger partial charge on any atom is 0.349 e. The molecule has 0 bridgehead atoms. The zero-order valence-electron chi connectivity index (χ0n) is 24.5. The fraction of sp³-hybridized carbons (Fsp3) is 0.786. The number of nitrogens with one attached hydrogen (secondary N) is 1. The Morgan fingerprint density at radius 1 is 1.05 bits per heavy atom. The van der Waals surface area contributed by atoms with E-state index in [0.29, 0.717) is 44.7 Å². The third-order valence-electron chi connectivity index (χ3n) is 8.80. The molecular formula is C28H48ClFN8O3. The number of alkyl halides is 1. The van der Waals surface area contributed by atoms with Gasteiger partial charge in [-0.3, -0.25) is 19.6 Å². The van der Waals surface area contributed by atoms with Gasteiger partial charge in [0.25, 0.3) is 0 Å². The van der Waals surface area contributed by atoms with Gasteiger partial charge in [0.05, 0.1) is 5.54 Å². The number of piperazine rings is 1. The third-order valence-corrected chi connectivity index (χ3v) is 8.80. The molecule has 1 saturated heterocycles. The Kier molecular flexibility index (Phi) is 12.0. The van der Waals surface area contributed by atoms with Crippen LogP contribution in [0.4, 0.5) is 15.0 Å². The van der Waals surface area contributed by atoms with Crippen molar-refractivity contribution in [3.05, 3.63) is 22.7 Å². The van der Waals surface area contributed by atoms with Gasteiger partial charge in [0.1, 0.15) is 12.5 Å². The zero-order chi connectivity index (χ0) is 28.9. The summed E-state index contributed by atoms with van der Waals surface area (Å²) in [7, 11) is 0. The summed E-state index contributed by atoms with van der Waals surface area (Å²) < 4.78 is 15.0. The highest BCUT2D eigenvalue weighted by atomic mass is 35.5. The number of carbonyl (C=O) groups is 2. The van der Waals surface area contributed by atoms with Crippen LogP contribution in [-0.2, 0) is 4.79 Å². The number of nitrogens with zero attached hydrogens (tertiary/aromatic N) is 5. The van der Waals surface area contributed by atoms with E-state index in [1.165, 1.54) is 0 Å². The normalized spacial score (nSPS) is 25.5. The van der Waals surface area contributed by atoms with E-state index >= 15 is 0 Å². The Labute approximate surface area is 248 Å². The number of rotatable bonds is 8. The number of amides is 3. The van der Waals surface area contributed by atoms with Gasteiger partial charge < -0.3 is 21.3 Å². The second-order valence-electron chi connectivity index (χ2n) is 12.4. The molecule has 41 heavy (non-hydrogen) atoms. The summed E-state index contributed by atoms with van der Waals surface area (Å²) in [6.07, 6.45) is 9.55. The van der Waals surface area contributed by atoms with Gasteiger partial charge in [-0.15, -0.1) is 12.4 Å². The van der Waals surface area contributed by atoms with Crippen LogP contribution in [0.5, 0.6) is 0 Å². The number of aromatic nitrogens is 2. The van der Waals surface area contributed by atoms with Crippen molar-refractivity contribution in [1.29, 1.82) is 0 Å². The first-order chi connectivity index (χ1) is 19.0. The molecule has 1 aromatic rings. The van der Waals surface area contributed by atoms with E-state index in [4.69, 9.17) is 11.5 Å². The van der Waals surface area contributed by atoms with Crippen molar-refractivity contribution in [2.75, 3.05) is 51.3 Å². The molecule has 3 aliphatic rings. The Balaban J connectivity index is 0.00000462. The van der Waals surface area contributed by atoms with Crippen LogP contribution in [0.1, 0.15) is 71.3 Å². The Morgan fingerprint density at radius 3 is 2.22 bits per heavy atom. The minimum absolute atomic E-state index is 0. The predicted molar refractivity (Wildman–Crippen MR) is 160 cm³/mol. The zero-order valence-corrected chi connectivity index (χ0v) is 25.3. The molecule has 0 aromatic carbocycles. The Hall–Kier alpha value is -2.28. The number of carbonyl (C=O) groups excluding carboxylic acids is 2. The van der Waals surface area contributed by atoms with Crippen LogP contribution >= 0.6 is 12.4 Å². The maximum atomic E-state index is 13.3. The lowest BCUT2D eigenvalue weighted by Gasteiger charge is -2.39. The quantitative estimate of drug-likeness (QED) is 0.417. The molecule has 11 nitrogen and oxygen atoms in total. The summed E-state index contributed by atoms with van der Waals surface area (Å²) in [4.78, 5) is 47.7. The summed E-state index contributed by atoms with van der Waals surface area (Å²) in [6.45, 7) is 5.98. The monoisotopic (exact) mass is 598 g/mol. The molecule has 2 saturated carbocycles. The summed E-state index contributed by atoms with van der Waals surface area (Å²) in [5.41, 5.74) is 10.7. The molecule has 0 atom stereocenters. The lowest BCUT2D eigenvalue weighted by atomic mass is 9.84. The molecule has 5 N–H and O–H groups in total. The smallest absolute Gasteiger partial charge is 0.338 e. The highest BCUT2D eigenvalue weighted by Crippen LogP contribution is 2.33. The van der Waals surface area contributed by atoms with Crippen LogP contribution in [-0.4, -0.2) is 99.8 Å². The van der Waals surface area contributed by atoms with Gasteiger partial charge in [-0.1, -0.05) is 0 Å². The van der Waals surface area contributed by atoms with E-state index in [1.54, 1.807) is 40.5 Å². The molecule has 1 aromatic heterocycles. The van der Waals surface area contributed by atoms with Crippen LogP contribution < -0.4 is 22.5 Å². The molecule has 0 spiro atoms. The molecule has 1 aliphatic heterocycles. The first-order valence-electron chi connectivity index (χ1n) is 14.8. The molecule has 13 heteroatoms. The van der Waals surface area contributed by atoms with Gasteiger partial charge in [-0.2, -0.15) is 4.98 Å². The molecule has 2 heterocycles. The van der Waals surface area contributed by atoms with Crippen LogP contribution in [0.25, 0.3) is 0 Å². The van der Waals surface area contributed by atoms with Crippen molar-refractivity contribution in [2.45, 2.75) is 88.9 Å². The molecule has 3 amide bonds. The number of hydrogen-bond donors (Lipinski definition) is 3. The third kappa shape index (κ3) is 8.86. The average Bonchev–Trinajstić information content (AvgIpc) is 2.93. The van der Waals surface area contributed by atoms with Crippen molar-refractivity contribution in [3.8, 4) is 0 Å². The van der Waals surface area contributed by atoms with E-state index in [0.717, 1.165) is 57.9 Å². The minimum atomic E-state index is -0.947. The van der Waals surface area contributed by atoms with Crippen molar-refractivity contribution < 1.29 is 14.0 Å². The van der Waals surface area contributed by atoms with E-state index in [1.807, 2.05) is 0 Å². The molecule has 4 rings (SSSR count). The molecule has 0 radical (unpaired) electrons. The van der Waals surface area contributed by atoms with Crippen molar-refractivity contribution in [2.24, 2.45) is 17.4 Å². The summed E-state index contributed by atoms with van der Waals surface area (Å²) >= 11 is 0. The van der Waals surface area contributed by atoms with Crippen molar-refractivity contribution in [3.63, 3.8) is 0 Å². The summed E-state index contributed by atoms with van der Waals surface area (Å²) in [5, 5.41) is 2.72. The summed E-state index contributed by atoms with van der Waals surface area (Å²) in [6, 6.07) is 2.09. The van der Waals surface area contributed by atoms with Crippen molar-refractivity contribution >= 4 is 30.2 Å². The van der Waals surface area contributed by atoms with E-state index in [-0.39, 0.29) is 54.6 Å². The molecular weight excluding hydrogens is 551 g/mol. The summed E-state index contributed by atoms with van der Waals surface area (Å²) in [5.74, 6) is 0.571. The van der Waals surface area contributed by atoms with E-state index < -0.39 is 5.54 Å². The molecule has 0 unspecified atom stereocenters. The second kappa shape index (κ2) is 14.8. The number of urea groups is 1. The number of halogens is 2. The maximum absolute atomic E-state index is 13.3. The molecule has 2 aliphatic carbocycles. The highest BCUT2D eigenvalue weighted by Gasteiger charge is 2.32. The first kappa shape index (κ1) is 33.2. The standard InChI is InChI=1S/C28H47FN8O3.ClH/c1-28(2,31)25(38)34-15-17-35(18-16-34)26(39)32-24-11-13-37(27(40)33-24)23-7-3-20(4-8-23)19-36(14-12-29)22-9-5-21(30)6-10-22;/h11,13,20-23H,3-10,12,14-19,30-31H2,1-2H3,(H,32,33,39,40);1H. The van der Waals surface area contributed by atoms with Gasteiger partial charge in [0, 0.05) is 63.6 Å². The highest BCUT2D eigenvalue weighted by molar-refractivity contribution is 5.89. The Bertz CT molecular complexity index is 1060. The van der Waals surface area contributed by atoms with Gasteiger partial charge >= 0.3 is 11.7 Å². The number of anilines is 1. The lowest BCUT2D eigenvalue weighted by Crippen LogP contribution is -2.58. The minimum Gasteiger partial charge on any atom is -0.338 e. The van der Waals surface area contributed by atoms with Crippen LogP contribution in [0.15, 0.2) is 17.1 Å². The topological polar surface area (TPSA) is 143 Å². The number of nitrogens with two attached hydrogens (primary N) is 2. The van der Waals surface area contributed by atoms with Gasteiger partial charge in [-0.05, 0) is 77.2 Å². The Morgan fingerprint density at radius 2 is 1.66 bits per heavy atom. The SMILES string of the molecule is CC(C)(N)C(=O)N1CCN(C(=O)Nc2ccn(C3CCC(CN(CCF)C4CCC(N)CC4)CC3)c(=O)n2)CC1.Cl. The second-order valence-corrected chi connectivity index (χ2v) is 12.4. The van der Waals surface area contributed by atoms with E-state index in [9.17, 15) is 18.8 Å². The average molecular weight is 599 g/mol. The van der Waals surface area contributed by atoms with Gasteiger partial charge in [0.2, 0.25) is 5.91 Å². The first-order valence-corrected chi connectivity index (χ1v) is 14.8. The molecule has 3 fully saturated rings. The predicted octanol–water partition coefficient (Wildman–Crippen LogP) is 2.35. The van der Waals surface area contributed by atoms with Gasteiger partial charge in [0.15, 0.2) is 0 Å². The van der Waals surface area contributed by atoms with Crippen LogP contribution in [0.2, 0.25) is 0 Å². The van der Waals surface area contributed by atoms with E-state index in [2.05, 4.69) is 15.2 Å².